The number of imidazole rings is 1. The highest BCUT2D eigenvalue weighted by Gasteiger charge is 2.12. The van der Waals surface area contributed by atoms with Gasteiger partial charge in [-0.2, -0.15) is 0 Å². The van der Waals surface area contributed by atoms with Crippen LogP contribution < -0.4 is 0 Å². The average molecular weight is 196 g/mol. The quantitative estimate of drug-likeness (QED) is 0.733. The summed E-state index contributed by atoms with van der Waals surface area (Å²) >= 11 is 0. The van der Waals surface area contributed by atoms with Crippen molar-refractivity contribution in [3.05, 3.63) is 36.2 Å². The SMILES string of the molecule is Oc1c(F)cc(F)cc1-c1ncc[nH]1. The van der Waals surface area contributed by atoms with Gasteiger partial charge in [-0.25, -0.2) is 13.8 Å². The maximum atomic E-state index is 12.9. The number of aromatic hydroxyl groups is 1. The zero-order chi connectivity index (χ0) is 10.1. The predicted octanol–water partition coefficient (Wildman–Crippen LogP) is 2.06. The topological polar surface area (TPSA) is 48.9 Å². The lowest BCUT2D eigenvalue weighted by Gasteiger charge is -2.02. The van der Waals surface area contributed by atoms with E-state index in [1.54, 1.807) is 0 Å². The first-order valence-corrected chi connectivity index (χ1v) is 3.86. The molecule has 0 bridgehead atoms. The van der Waals surface area contributed by atoms with Crippen LogP contribution in [0.3, 0.4) is 0 Å². The summed E-state index contributed by atoms with van der Waals surface area (Å²) < 4.78 is 25.7. The second kappa shape index (κ2) is 3.10. The molecule has 0 spiro atoms. The molecule has 0 unspecified atom stereocenters. The largest absolute Gasteiger partial charge is 0.504 e. The van der Waals surface area contributed by atoms with Crippen LogP contribution in [0.5, 0.6) is 5.75 Å². The van der Waals surface area contributed by atoms with Gasteiger partial charge < -0.3 is 10.1 Å². The van der Waals surface area contributed by atoms with Crippen LogP contribution in [0.2, 0.25) is 0 Å². The highest BCUT2D eigenvalue weighted by atomic mass is 19.1. The van der Waals surface area contributed by atoms with Gasteiger partial charge in [-0.05, 0) is 6.07 Å². The molecule has 0 saturated carbocycles. The number of halogens is 2. The van der Waals surface area contributed by atoms with Crippen molar-refractivity contribution in [3.8, 4) is 17.1 Å². The number of aromatic nitrogens is 2. The van der Waals surface area contributed by atoms with Crippen molar-refractivity contribution in [1.82, 2.24) is 9.97 Å². The highest BCUT2D eigenvalue weighted by Crippen LogP contribution is 2.29. The second-order valence-electron chi connectivity index (χ2n) is 2.72. The van der Waals surface area contributed by atoms with Crippen molar-refractivity contribution in [2.45, 2.75) is 0 Å². The number of aromatic amines is 1. The molecule has 0 aliphatic rings. The van der Waals surface area contributed by atoms with Crippen LogP contribution in [-0.4, -0.2) is 15.1 Å². The third-order valence-corrected chi connectivity index (χ3v) is 1.78. The van der Waals surface area contributed by atoms with E-state index in [-0.39, 0.29) is 11.4 Å². The first-order chi connectivity index (χ1) is 6.68. The number of nitrogens with one attached hydrogen (secondary N) is 1. The molecule has 1 aromatic carbocycles. The van der Waals surface area contributed by atoms with Gasteiger partial charge in [0.25, 0.3) is 0 Å². The summed E-state index contributed by atoms with van der Waals surface area (Å²) in [7, 11) is 0. The Morgan fingerprint density at radius 1 is 1.29 bits per heavy atom. The van der Waals surface area contributed by atoms with Gasteiger partial charge in [0.15, 0.2) is 11.6 Å². The standard InChI is InChI=1S/C9H6F2N2O/c10-5-3-6(8(14)7(11)4-5)9-12-1-2-13-9/h1-4,14H,(H,12,13). The maximum absolute atomic E-state index is 12.9. The van der Waals surface area contributed by atoms with E-state index < -0.39 is 17.4 Å². The molecule has 2 rings (SSSR count). The number of nitrogens with zero attached hydrogens (tertiary/aromatic N) is 1. The Labute approximate surface area is 78.0 Å². The van der Waals surface area contributed by atoms with Crippen LogP contribution in [0.25, 0.3) is 11.4 Å². The summed E-state index contributed by atoms with van der Waals surface area (Å²) in [4.78, 5) is 6.42. The van der Waals surface area contributed by atoms with Crippen LogP contribution in [-0.2, 0) is 0 Å². The van der Waals surface area contributed by atoms with Crippen molar-refractivity contribution in [2.24, 2.45) is 0 Å². The van der Waals surface area contributed by atoms with Crippen molar-refractivity contribution in [3.63, 3.8) is 0 Å². The molecule has 2 aromatic rings. The molecule has 0 radical (unpaired) electrons. The number of hydrogen-bond donors (Lipinski definition) is 2. The van der Waals surface area contributed by atoms with Gasteiger partial charge in [0.1, 0.15) is 11.6 Å². The van der Waals surface area contributed by atoms with E-state index >= 15 is 0 Å². The lowest BCUT2D eigenvalue weighted by molar-refractivity contribution is 0.429. The Balaban J connectivity index is 2.64. The highest BCUT2D eigenvalue weighted by molar-refractivity contribution is 5.63. The van der Waals surface area contributed by atoms with E-state index in [0.29, 0.717) is 6.07 Å². The normalized spacial score (nSPS) is 10.4. The van der Waals surface area contributed by atoms with Gasteiger partial charge >= 0.3 is 0 Å². The number of benzene rings is 1. The molecule has 3 nitrogen and oxygen atoms in total. The summed E-state index contributed by atoms with van der Waals surface area (Å²) in [6.07, 6.45) is 2.93. The number of H-pyrrole nitrogens is 1. The van der Waals surface area contributed by atoms with Gasteiger partial charge in [0.05, 0.1) is 5.56 Å². The average Bonchev–Trinajstić information content (AvgIpc) is 2.63. The monoisotopic (exact) mass is 196 g/mol. The van der Waals surface area contributed by atoms with Gasteiger partial charge in [-0.1, -0.05) is 0 Å². The van der Waals surface area contributed by atoms with E-state index in [0.717, 1.165) is 6.07 Å². The fourth-order valence-electron chi connectivity index (χ4n) is 1.16. The molecule has 0 fully saturated rings. The summed E-state index contributed by atoms with van der Waals surface area (Å²) in [6, 6.07) is 1.62. The molecule has 14 heavy (non-hydrogen) atoms. The third-order valence-electron chi connectivity index (χ3n) is 1.78. The van der Waals surface area contributed by atoms with E-state index in [9.17, 15) is 13.9 Å². The molecule has 0 saturated heterocycles. The number of phenolic OH excluding ortho intramolecular Hbond substituents is 1. The van der Waals surface area contributed by atoms with Crippen LogP contribution in [0.4, 0.5) is 8.78 Å². The molecule has 2 N–H and O–H groups in total. The van der Waals surface area contributed by atoms with Crippen LogP contribution >= 0.6 is 0 Å². The molecule has 0 aliphatic heterocycles. The summed E-state index contributed by atoms with van der Waals surface area (Å²) in [5, 5.41) is 9.29. The van der Waals surface area contributed by atoms with Crippen molar-refractivity contribution < 1.29 is 13.9 Å². The van der Waals surface area contributed by atoms with Gasteiger partial charge in [0, 0.05) is 18.5 Å². The first-order valence-electron chi connectivity index (χ1n) is 3.86. The lowest BCUT2D eigenvalue weighted by Crippen LogP contribution is -1.87. The zero-order valence-electron chi connectivity index (χ0n) is 6.96. The molecular formula is C9H6F2N2O. The molecule has 1 aromatic heterocycles. The van der Waals surface area contributed by atoms with Gasteiger partial charge in [0.2, 0.25) is 0 Å². The number of rotatable bonds is 1. The Kier molecular flexibility index (Phi) is 1.92. The molecule has 72 valence electrons. The molecular weight excluding hydrogens is 190 g/mol. The first kappa shape index (κ1) is 8.68. The molecule has 0 amide bonds. The smallest absolute Gasteiger partial charge is 0.168 e. The maximum Gasteiger partial charge on any atom is 0.168 e. The zero-order valence-corrected chi connectivity index (χ0v) is 6.96. The molecule has 0 atom stereocenters. The second-order valence-corrected chi connectivity index (χ2v) is 2.72. The fraction of sp³-hybridized carbons (Fsp3) is 0. The van der Waals surface area contributed by atoms with Crippen molar-refractivity contribution in [1.29, 1.82) is 0 Å². The van der Waals surface area contributed by atoms with E-state index in [2.05, 4.69) is 9.97 Å². The molecule has 0 aliphatic carbocycles. The van der Waals surface area contributed by atoms with Crippen LogP contribution in [0.1, 0.15) is 0 Å². The van der Waals surface area contributed by atoms with Gasteiger partial charge in [-0.15, -0.1) is 0 Å². The van der Waals surface area contributed by atoms with Gasteiger partial charge in [-0.3, -0.25) is 0 Å². The van der Waals surface area contributed by atoms with Crippen molar-refractivity contribution in [2.75, 3.05) is 0 Å². The Hall–Kier alpha value is -1.91. The summed E-state index contributed by atoms with van der Waals surface area (Å²) in [5.74, 6) is -2.15. The van der Waals surface area contributed by atoms with Crippen LogP contribution in [0, 0.1) is 11.6 Å². The summed E-state index contributed by atoms with van der Waals surface area (Å²) in [6.45, 7) is 0. The minimum Gasteiger partial charge on any atom is -0.504 e. The lowest BCUT2D eigenvalue weighted by atomic mass is 10.2. The summed E-state index contributed by atoms with van der Waals surface area (Å²) in [5.41, 5.74) is 0.00694. The van der Waals surface area contributed by atoms with Crippen molar-refractivity contribution >= 4 is 0 Å². The predicted molar refractivity (Wildman–Crippen MR) is 45.6 cm³/mol. The van der Waals surface area contributed by atoms with E-state index in [1.165, 1.54) is 12.4 Å². The Bertz CT molecular complexity index is 454. The fourth-order valence-corrected chi connectivity index (χ4v) is 1.16. The van der Waals surface area contributed by atoms with Crippen LogP contribution in [0.15, 0.2) is 24.5 Å². The van der Waals surface area contributed by atoms with E-state index in [4.69, 9.17) is 0 Å². The molecule has 1 heterocycles. The number of hydrogen-bond acceptors (Lipinski definition) is 2. The third kappa shape index (κ3) is 1.32. The minimum atomic E-state index is -1.00. The Morgan fingerprint density at radius 2 is 2.07 bits per heavy atom. The molecule has 5 heteroatoms. The Morgan fingerprint density at radius 3 is 2.71 bits per heavy atom. The van der Waals surface area contributed by atoms with E-state index in [1.807, 2.05) is 0 Å². The number of phenols is 1. The minimum absolute atomic E-state index is 0.00694.